The predicted molar refractivity (Wildman–Crippen MR) is 131 cm³/mol. The molecule has 1 aromatic heterocycles. The number of benzene rings is 3. The SMILES string of the molecule is Cc1ccccc1C(=O)NCCc1nc2ccccc2n1CC(=O)Nc1cccc(C)c1C. The van der Waals surface area contributed by atoms with Crippen LogP contribution >= 0.6 is 0 Å². The number of nitrogens with one attached hydrogen (secondary N) is 2. The first-order valence-electron chi connectivity index (χ1n) is 11.1. The summed E-state index contributed by atoms with van der Waals surface area (Å²) >= 11 is 0. The van der Waals surface area contributed by atoms with Crippen molar-refractivity contribution < 1.29 is 9.59 Å². The van der Waals surface area contributed by atoms with Crippen LogP contribution in [0, 0.1) is 20.8 Å². The zero-order valence-corrected chi connectivity index (χ0v) is 19.2. The fourth-order valence-corrected chi connectivity index (χ4v) is 3.92. The second-order valence-corrected chi connectivity index (χ2v) is 8.22. The van der Waals surface area contributed by atoms with Crippen molar-refractivity contribution in [3.8, 4) is 0 Å². The van der Waals surface area contributed by atoms with Crippen molar-refractivity contribution in [2.24, 2.45) is 0 Å². The maximum atomic E-state index is 12.9. The maximum Gasteiger partial charge on any atom is 0.251 e. The minimum Gasteiger partial charge on any atom is -0.352 e. The van der Waals surface area contributed by atoms with E-state index in [4.69, 9.17) is 4.98 Å². The highest BCUT2D eigenvalue weighted by molar-refractivity contribution is 5.95. The largest absolute Gasteiger partial charge is 0.352 e. The van der Waals surface area contributed by atoms with E-state index >= 15 is 0 Å². The van der Waals surface area contributed by atoms with Gasteiger partial charge in [-0.3, -0.25) is 9.59 Å². The second kappa shape index (κ2) is 9.69. The van der Waals surface area contributed by atoms with Crippen LogP contribution in [-0.4, -0.2) is 27.9 Å². The fraction of sp³-hybridized carbons (Fsp3) is 0.222. The normalized spacial score (nSPS) is 10.9. The zero-order valence-electron chi connectivity index (χ0n) is 19.2. The number of para-hydroxylation sites is 2. The van der Waals surface area contributed by atoms with Gasteiger partial charge in [0.1, 0.15) is 12.4 Å². The number of rotatable bonds is 7. The van der Waals surface area contributed by atoms with E-state index in [1.165, 1.54) is 0 Å². The molecule has 0 atom stereocenters. The maximum absolute atomic E-state index is 12.9. The molecule has 1 heterocycles. The van der Waals surface area contributed by atoms with Crippen molar-refractivity contribution in [1.29, 1.82) is 0 Å². The Bertz CT molecular complexity index is 1320. The van der Waals surface area contributed by atoms with Crippen LogP contribution in [0.4, 0.5) is 5.69 Å². The zero-order chi connectivity index (χ0) is 23.4. The molecule has 4 aromatic rings. The van der Waals surface area contributed by atoms with Crippen LogP contribution in [0.25, 0.3) is 11.0 Å². The summed E-state index contributed by atoms with van der Waals surface area (Å²) in [7, 11) is 0. The van der Waals surface area contributed by atoms with Gasteiger partial charge in [0, 0.05) is 24.2 Å². The van der Waals surface area contributed by atoms with Gasteiger partial charge in [0.05, 0.1) is 11.0 Å². The number of imidazole rings is 1. The summed E-state index contributed by atoms with van der Waals surface area (Å²) in [5, 5.41) is 6.00. The lowest BCUT2D eigenvalue weighted by molar-refractivity contribution is -0.116. The standard InChI is InChI=1S/C27H28N4O2/c1-18-10-8-13-22(20(18)3)30-26(32)17-31-24-14-7-6-12-23(24)29-25(31)15-16-28-27(33)21-11-5-4-9-19(21)2/h4-14H,15-17H2,1-3H3,(H,28,33)(H,30,32). The van der Waals surface area contributed by atoms with Gasteiger partial charge >= 0.3 is 0 Å². The Kier molecular flexibility index (Phi) is 6.54. The lowest BCUT2D eigenvalue weighted by atomic mass is 10.1. The van der Waals surface area contributed by atoms with Gasteiger partial charge in [-0.1, -0.05) is 42.5 Å². The number of carbonyl (C=O) groups excluding carboxylic acids is 2. The molecule has 33 heavy (non-hydrogen) atoms. The van der Waals surface area contributed by atoms with E-state index in [0.29, 0.717) is 18.5 Å². The number of amides is 2. The Morgan fingerprint density at radius 3 is 2.42 bits per heavy atom. The van der Waals surface area contributed by atoms with Crippen LogP contribution in [0.2, 0.25) is 0 Å². The highest BCUT2D eigenvalue weighted by atomic mass is 16.2. The van der Waals surface area contributed by atoms with Gasteiger partial charge in [-0.15, -0.1) is 0 Å². The molecule has 0 bridgehead atoms. The Morgan fingerprint density at radius 2 is 1.61 bits per heavy atom. The molecular formula is C27H28N4O2. The highest BCUT2D eigenvalue weighted by Crippen LogP contribution is 2.20. The first kappa shape index (κ1) is 22.3. The lowest BCUT2D eigenvalue weighted by Gasteiger charge is -2.13. The summed E-state index contributed by atoms with van der Waals surface area (Å²) in [6.07, 6.45) is 0.517. The number of aryl methyl sites for hydroxylation is 2. The molecule has 2 N–H and O–H groups in total. The van der Waals surface area contributed by atoms with Gasteiger partial charge in [0.2, 0.25) is 5.91 Å². The molecule has 0 aliphatic carbocycles. The van der Waals surface area contributed by atoms with E-state index in [-0.39, 0.29) is 18.4 Å². The molecular weight excluding hydrogens is 412 g/mol. The average molecular weight is 441 g/mol. The molecule has 2 amide bonds. The van der Waals surface area contributed by atoms with E-state index in [2.05, 4.69) is 10.6 Å². The second-order valence-electron chi connectivity index (χ2n) is 8.22. The third-order valence-electron chi connectivity index (χ3n) is 5.94. The summed E-state index contributed by atoms with van der Waals surface area (Å²) in [6, 6.07) is 21.1. The molecule has 6 nitrogen and oxygen atoms in total. The Balaban J connectivity index is 1.49. The summed E-state index contributed by atoms with van der Waals surface area (Å²) in [6.45, 7) is 6.52. The number of carbonyl (C=O) groups is 2. The number of aromatic nitrogens is 2. The molecule has 4 rings (SSSR count). The quantitative estimate of drug-likeness (QED) is 0.442. The van der Waals surface area contributed by atoms with Crippen LogP contribution < -0.4 is 10.6 Å². The van der Waals surface area contributed by atoms with Gasteiger partial charge < -0.3 is 15.2 Å². The Labute approximate surface area is 193 Å². The first-order chi connectivity index (χ1) is 15.9. The Morgan fingerprint density at radius 1 is 0.879 bits per heavy atom. The first-order valence-corrected chi connectivity index (χ1v) is 11.1. The average Bonchev–Trinajstić information content (AvgIpc) is 3.14. The fourth-order valence-electron chi connectivity index (χ4n) is 3.92. The van der Waals surface area contributed by atoms with Crippen molar-refractivity contribution >= 4 is 28.5 Å². The third kappa shape index (κ3) is 4.95. The lowest BCUT2D eigenvalue weighted by Crippen LogP contribution is -2.27. The van der Waals surface area contributed by atoms with Crippen molar-refractivity contribution in [2.45, 2.75) is 33.7 Å². The van der Waals surface area contributed by atoms with E-state index in [0.717, 1.165) is 39.2 Å². The van der Waals surface area contributed by atoms with Gasteiger partial charge in [-0.25, -0.2) is 4.98 Å². The molecule has 3 aromatic carbocycles. The molecule has 0 fully saturated rings. The minimum absolute atomic E-state index is 0.108. The molecule has 0 saturated heterocycles. The van der Waals surface area contributed by atoms with Crippen molar-refractivity contribution in [3.05, 3.63) is 94.8 Å². The number of hydrogen-bond donors (Lipinski definition) is 2. The van der Waals surface area contributed by atoms with E-state index in [9.17, 15) is 9.59 Å². The van der Waals surface area contributed by atoms with Crippen molar-refractivity contribution in [1.82, 2.24) is 14.9 Å². The molecule has 0 aliphatic heterocycles. The van der Waals surface area contributed by atoms with Gasteiger partial charge in [0.25, 0.3) is 5.91 Å². The summed E-state index contributed by atoms with van der Waals surface area (Å²) in [4.78, 5) is 30.2. The molecule has 0 radical (unpaired) electrons. The Hall–Kier alpha value is -3.93. The van der Waals surface area contributed by atoms with Gasteiger partial charge in [0.15, 0.2) is 0 Å². The molecule has 168 valence electrons. The van der Waals surface area contributed by atoms with E-state index in [1.807, 2.05) is 92.1 Å². The monoisotopic (exact) mass is 440 g/mol. The number of hydrogen-bond acceptors (Lipinski definition) is 3. The van der Waals surface area contributed by atoms with Crippen LogP contribution in [0.1, 0.15) is 32.9 Å². The summed E-state index contributed by atoms with van der Waals surface area (Å²) < 4.78 is 1.93. The number of nitrogens with zero attached hydrogens (tertiary/aromatic N) is 2. The van der Waals surface area contributed by atoms with Crippen molar-refractivity contribution in [3.63, 3.8) is 0 Å². The molecule has 0 aliphatic rings. The van der Waals surface area contributed by atoms with Crippen molar-refractivity contribution in [2.75, 3.05) is 11.9 Å². The van der Waals surface area contributed by atoms with Gasteiger partial charge in [-0.05, 0) is 61.7 Å². The third-order valence-corrected chi connectivity index (χ3v) is 5.94. The predicted octanol–water partition coefficient (Wildman–Crippen LogP) is 4.57. The number of fused-ring (bicyclic) bond motifs is 1. The smallest absolute Gasteiger partial charge is 0.251 e. The van der Waals surface area contributed by atoms with E-state index < -0.39 is 0 Å². The molecule has 0 saturated carbocycles. The summed E-state index contributed by atoms with van der Waals surface area (Å²) in [5.41, 5.74) is 6.33. The number of anilines is 1. The van der Waals surface area contributed by atoms with Crippen LogP contribution in [-0.2, 0) is 17.8 Å². The van der Waals surface area contributed by atoms with Crippen LogP contribution in [0.15, 0.2) is 66.7 Å². The molecule has 0 unspecified atom stereocenters. The summed E-state index contributed by atoms with van der Waals surface area (Å²) in [5.74, 6) is 0.540. The van der Waals surface area contributed by atoms with Gasteiger partial charge in [-0.2, -0.15) is 0 Å². The topological polar surface area (TPSA) is 76.0 Å². The minimum atomic E-state index is -0.114. The van der Waals surface area contributed by atoms with Crippen LogP contribution in [0.3, 0.4) is 0 Å². The van der Waals surface area contributed by atoms with Crippen LogP contribution in [0.5, 0.6) is 0 Å². The molecule has 6 heteroatoms. The molecule has 0 spiro atoms. The van der Waals surface area contributed by atoms with E-state index in [1.54, 1.807) is 0 Å². The highest BCUT2D eigenvalue weighted by Gasteiger charge is 2.15.